The van der Waals surface area contributed by atoms with Crippen LogP contribution in [0.1, 0.15) is 22.4 Å². The van der Waals surface area contributed by atoms with Gasteiger partial charge in [-0.05, 0) is 24.6 Å². The molecule has 1 unspecified atom stereocenters. The van der Waals surface area contributed by atoms with Gasteiger partial charge in [-0.1, -0.05) is 6.07 Å². The maximum absolute atomic E-state index is 4.56. The minimum Gasteiger partial charge on any atom is -0.337 e. The van der Waals surface area contributed by atoms with Crippen LogP contribution in [0.15, 0.2) is 30.6 Å². The van der Waals surface area contributed by atoms with E-state index in [0.717, 1.165) is 42.5 Å². The number of benzene rings is 1. The van der Waals surface area contributed by atoms with Crippen LogP contribution < -0.4 is 5.32 Å². The average Bonchev–Trinajstić information content (AvgIpc) is 3.12. The first-order valence-corrected chi connectivity index (χ1v) is 8.80. The zero-order valence-electron chi connectivity index (χ0n) is 13.5. The Balaban J connectivity index is 1.60. The zero-order valence-corrected chi connectivity index (χ0v) is 14.3. The molecule has 0 aliphatic carbocycles. The minimum atomic E-state index is 0.322. The Labute approximate surface area is 140 Å². The number of rotatable bonds is 3. The van der Waals surface area contributed by atoms with E-state index in [0.29, 0.717) is 6.04 Å². The summed E-state index contributed by atoms with van der Waals surface area (Å²) in [6, 6.07) is 6.96. The van der Waals surface area contributed by atoms with Crippen molar-refractivity contribution in [1.29, 1.82) is 0 Å². The SMILES string of the molecule is Cc1nc2ccc(CN3CCNCC3c3nccn3C)cc2s1. The van der Waals surface area contributed by atoms with Gasteiger partial charge >= 0.3 is 0 Å². The molecule has 6 heteroatoms. The van der Waals surface area contributed by atoms with Crippen LogP contribution in [-0.2, 0) is 13.6 Å². The summed E-state index contributed by atoms with van der Waals surface area (Å²) >= 11 is 1.77. The van der Waals surface area contributed by atoms with Crippen molar-refractivity contribution in [3.05, 3.63) is 47.0 Å². The number of hydrogen-bond donors (Lipinski definition) is 1. The zero-order chi connectivity index (χ0) is 15.8. The third-order valence-electron chi connectivity index (χ3n) is 4.46. The molecule has 0 radical (unpaired) electrons. The van der Waals surface area contributed by atoms with Crippen molar-refractivity contribution in [2.24, 2.45) is 7.05 Å². The first-order chi connectivity index (χ1) is 11.2. The summed E-state index contributed by atoms with van der Waals surface area (Å²) in [7, 11) is 2.07. The quantitative estimate of drug-likeness (QED) is 0.803. The maximum Gasteiger partial charge on any atom is 0.127 e. The molecule has 0 bridgehead atoms. The third kappa shape index (κ3) is 2.89. The van der Waals surface area contributed by atoms with E-state index in [1.54, 1.807) is 11.3 Å². The van der Waals surface area contributed by atoms with Crippen molar-refractivity contribution in [2.75, 3.05) is 19.6 Å². The second-order valence-electron chi connectivity index (χ2n) is 6.12. The van der Waals surface area contributed by atoms with E-state index < -0.39 is 0 Å². The molecule has 120 valence electrons. The average molecular weight is 327 g/mol. The summed E-state index contributed by atoms with van der Waals surface area (Å²) < 4.78 is 3.41. The molecule has 3 heterocycles. The fraction of sp³-hybridized carbons (Fsp3) is 0.412. The molecule has 1 aromatic carbocycles. The number of hydrogen-bond acceptors (Lipinski definition) is 5. The lowest BCUT2D eigenvalue weighted by atomic mass is 10.1. The van der Waals surface area contributed by atoms with Gasteiger partial charge in [-0.25, -0.2) is 9.97 Å². The first kappa shape index (κ1) is 14.8. The molecule has 4 rings (SSSR count). The Hall–Kier alpha value is -1.76. The van der Waals surface area contributed by atoms with Crippen molar-refractivity contribution in [2.45, 2.75) is 19.5 Å². The standard InChI is InChI=1S/C17H21N5S/c1-12-20-14-4-3-13(9-16(14)23-12)11-22-8-5-18-10-15(22)17-19-6-7-21(17)2/h3-4,6-7,9,15,18H,5,8,10-11H2,1-2H3. The number of nitrogens with zero attached hydrogens (tertiary/aromatic N) is 4. The highest BCUT2D eigenvalue weighted by atomic mass is 32.1. The van der Waals surface area contributed by atoms with E-state index in [4.69, 9.17) is 0 Å². The van der Waals surface area contributed by atoms with Crippen molar-refractivity contribution in [1.82, 2.24) is 24.8 Å². The molecule has 3 aromatic rings. The van der Waals surface area contributed by atoms with Crippen molar-refractivity contribution < 1.29 is 0 Å². The van der Waals surface area contributed by atoms with Gasteiger partial charge in [0.1, 0.15) is 5.82 Å². The Kier molecular flexibility index (Phi) is 3.88. The molecule has 1 aliphatic heterocycles. The molecular weight excluding hydrogens is 306 g/mol. The Morgan fingerprint density at radius 3 is 3.13 bits per heavy atom. The summed E-state index contributed by atoms with van der Waals surface area (Å²) in [6.45, 7) is 6.04. The van der Waals surface area contributed by atoms with Crippen molar-refractivity contribution >= 4 is 21.6 Å². The predicted octanol–water partition coefficient (Wildman–Crippen LogP) is 2.48. The number of aromatic nitrogens is 3. The van der Waals surface area contributed by atoms with E-state index in [9.17, 15) is 0 Å². The normalized spacial score (nSPS) is 19.5. The topological polar surface area (TPSA) is 46.0 Å². The van der Waals surface area contributed by atoms with Crippen LogP contribution >= 0.6 is 11.3 Å². The van der Waals surface area contributed by atoms with Gasteiger partial charge in [0, 0.05) is 45.6 Å². The van der Waals surface area contributed by atoms with E-state index >= 15 is 0 Å². The van der Waals surface area contributed by atoms with Crippen LogP contribution in [0.5, 0.6) is 0 Å². The van der Waals surface area contributed by atoms with E-state index in [2.05, 4.69) is 56.9 Å². The lowest BCUT2D eigenvalue weighted by Gasteiger charge is -2.35. The Bertz CT molecular complexity index is 821. The Morgan fingerprint density at radius 2 is 2.30 bits per heavy atom. The molecule has 1 aliphatic rings. The van der Waals surface area contributed by atoms with Crippen LogP contribution in [-0.4, -0.2) is 39.1 Å². The lowest BCUT2D eigenvalue weighted by molar-refractivity contribution is 0.145. The molecule has 1 saturated heterocycles. The largest absolute Gasteiger partial charge is 0.337 e. The summed E-state index contributed by atoms with van der Waals surface area (Å²) in [4.78, 5) is 11.6. The summed E-state index contributed by atoms with van der Waals surface area (Å²) in [5.74, 6) is 1.13. The van der Waals surface area contributed by atoms with Gasteiger partial charge in [0.25, 0.3) is 0 Å². The van der Waals surface area contributed by atoms with E-state index in [1.165, 1.54) is 10.3 Å². The summed E-state index contributed by atoms with van der Waals surface area (Å²) in [6.07, 6.45) is 3.91. The fourth-order valence-electron chi connectivity index (χ4n) is 3.31. The fourth-order valence-corrected chi connectivity index (χ4v) is 4.20. The van der Waals surface area contributed by atoms with Gasteiger partial charge in [0.05, 0.1) is 21.3 Å². The van der Waals surface area contributed by atoms with Crippen LogP contribution in [0.2, 0.25) is 0 Å². The number of nitrogens with one attached hydrogen (secondary N) is 1. The highest BCUT2D eigenvalue weighted by Crippen LogP contribution is 2.26. The lowest BCUT2D eigenvalue weighted by Crippen LogP contribution is -2.46. The molecule has 5 nitrogen and oxygen atoms in total. The van der Waals surface area contributed by atoms with Gasteiger partial charge < -0.3 is 9.88 Å². The minimum absolute atomic E-state index is 0.322. The molecule has 0 amide bonds. The molecule has 0 saturated carbocycles. The summed E-state index contributed by atoms with van der Waals surface area (Å²) in [5, 5.41) is 4.63. The number of imidazole rings is 1. The third-order valence-corrected chi connectivity index (χ3v) is 5.39. The number of thiazole rings is 1. The number of aryl methyl sites for hydroxylation is 2. The molecule has 1 atom stereocenters. The molecular formula is C17H21N5S. The molecule has 0 spiro atoms. The molecule has 2 aromatic heterocycles. The van der Waals surface area contributed by atoms with Crippen LogP contribution in [0.4, 0.5) is 0 Å². The second-order valence-corrected chi connectivity index (χ2v) is 7.36. The van der Waals surface area contributed by atoms with E-state index in [1.807, 2.05) is 12.4 Å². The van der Waals surface area contributed by atoms with Gasteiger partial charge in [0.15, 0.2) is 0 Å². The highest BCUT2D eigenvalue weighted by Gasteiger charge is 2.26. The molecule has 1 N–H and O–H groups in total. The first-order valence-electron chi connectivity index (χ1n) is 7.99. The van der Waals surface area contributed by atoms with Gasteiger partial charge in [-0.15, -0.1) is 11.3 Å². The maximum atomic E-state index is 4.56. The molecule has 23 heavy (non-hydrogen) atoms. The number of fused-ring (bicyclic) bond motifs is 1. The van der Waals surface area contributed by atoms with Crippen molar-refractivity contribution in [3.8, 4) is 0 Å². The van der Waals surface area contributed by atoms with Gasteiger partial charge in [-0.2, -0.15) is 0 Å². The smallest absolute Gasteiger partial charge is 0.127 e. The molecule has 1 fully saturated rings. The van der Waals surface area contributed by atoms with Crippen LogP contribution in [0, 0.1) is 6.92 Å². The van der Waals surface area contributed by atoms with Crippen molar-refractivity contribution in [3.63, 3.8) is 0 Å². The monoisotopic (exact) mass is 327 g/mol. The second kappa shape index (κ2) is 6.03. The summed E-state index contributed by atoms with van der Waals surface area (Å²) in [5.41, 5.74) is 2.46. The predicted molar refractivity (Wildman–Crippen MR) is 93.6 cm³/mol. The van der Waals surface area contributed by atoms with Crippen LogP contribution in [0.25, 0.3) is 10.2 Å². The van der Waals surface area contributed by atoms with E-state index in [-0.39, 0.29) is 0 Å². The number of piperazine rings is 1. The van der Waals surface area contributed by atoms with Gasteiger partial charge in [0.2, 0.25) is 0 Å². The van der Waals surface area contributed by atoms with Crippen LogP contribution in [0.3, 0.4) is 0 Å². The van der Waals surface area contributed by atoms with Gasteiger partial charge in [-0.3, -0.25) is 4.90 Å². The highest BCUT2D eigenvalue weighted by molar-refractivity contribution is 7.18. The Morgan fingerprint density at radius 1 is 1.39 bits per heavy atom.